The lowest BCUT2D eigenvalue weighted by molar-refractivity contribution is -0.129. The molecular formula is C16H14BrClFNO. The Morgan fingerprint density at radius 1 is 1.24 bits per heavy atom. The predicted molar refractivity (Wildman–Crippen MR) is 85.7 cm³/mol. The average molecular weight is 371 g/mol. The fourth-order valence-corrected chi connectivity index (χ4v) is 2.60. The van der Waals surface area contributed by atoms with E-state index in [0.29, 0.717) is 16.0 Å². The molecule has 0 N–H and O–H groups in total. The fourth-order valence-electron chi connectivity index (χ4n) is 1.96. The van der Waals surface area contributed by atoms with Gasteiger partial charge in [-0.1, -0.05) is 29.8 Å². The maximum Gasteiger partial charge on any atom is 0.227 e. The Labute approximate surface area is 136 Å². The summed E-state index contributed by atoms with van der Waals surface area (Å²) in [6, 6.07) is 12.0. The molecule has 110 valence electrons. The summed E-state index contributed by atoms with van der Waals surface area (Å²) in [6.07, 6.45) is 0.232. The molecule has 0 heterocycles. The molecule has 0 aliphatic rings. The van der Waals surface area contributed by atoms with E-state index in [-0.39, 0.29) is 18.1 Å². The van der Waals surface area contributed by atoms with Gasteiger partial charge in [-0.05, 0) is 51.3 Å². The maximum absolute atomic E-state index is 13.2. The molecule has 0 atom stereocenters. The highest BCUT2D eigenvalue weighted by Gasteiger charge is 2.11. The van der Waals surface area contributed by atoms with Crippen molar-refractivity contribution >= 4 is 33.4 Å². The Bertz CT molecular complexity index is 662. The lowest BCUT2D eigenvalue weighted by atomic mass is 10.1. The molecule has 2 aromatic rings. The maximum atomic E-state index is 13.2. The van der Waals surface area contributed by atoms with Crippen molar-refractivity contribution in [2.75, 3.05) is 7.05 Å². The summed E-state index contributed by atoms with van der Waals surface area (Å²) in [5, 5.41) is 0.649. The first-order valence-corrected chi connectivity index (χ1v) is 7.55. The normalized spacial score (nSPS) is 10.5. The molecule has 5 heteroatoms. The zero-order valence-electron chi connectivity index (χ0n) is 11.4. The standard InChI is InChI=1S/C16H14BrClFNO/c1-20(10-12-3-2-4-13(18)7-12)16(21)9-11-5-6-15(19)14(17)8-11/h2-8H,9-10H2,1H3. The monoisotopic (exact) mass is 369 g/mol. The number of nitrogens with zero attached hydrogens (tertiary/aromatic N) is 1. The van der Waals surface area contributed by atoms with Gasteiger partial charge in [0.05, 0.1) is 10.9 Å². The van der Waals surface area contributed by atoms with Crippen LogP contribution in [0.2, 0.25) is 5.02 Å². The smallest absolute Gasteiger partial charge is 0.227 e. The first-order valence-electron chi connectivity index (χ1n) is 6.38. The molecule has 21 heavy (non-hydrogen) atoms. The number of hydrogen-bond donors (Lipinski definition) is 0. The number of amides is 1. The van der Waals surface area contributed by atoms with E-state index < -0.39 is 0 Å². The van der Waals surface area contributed by atoms with Crippen molar-refractivity contribution in [3.05, 3.63) is 68.9 Å². The van der Waals surface area contributed by atoms with Crippen molar-refractivity contribution in [2.45, 2.75) is 13.0 Å². The van der Waals surface area contributed by atoms with Crippen LogP contribution in [0.5, 0.6) is 0 Å². The van der Waals surface area contributed by atoms with Gasteiger partial charge in [0.2, 0.25) is 5.91 Å². The van der Waals surface area contributed by atoms with Gasteiger partial charge in [-0.3, -0.25) is 4.79 Å². The number of halogens is 3. The van der Waals surface area contributed by atoms with Crippen LogP contribution in [0.1, 0.15) is 11.1 Å². The molecule has 0 bridgehead atoms. The third-order valence-corrected chi connectivity index (χ3v) is 3.92. The molecule has 0 unspecified atom stereocenters. The van der Waals surface area contributed by atoms with Crippen molar-refractivity contribution in [3.63, 3.8) is 0 Å². The second kappa shape index (κ2) is 7.05. The van der Waals surface area contributed by atoms with Crippen molar-refractivity contribution in [1.29, 1.82) is 0 Å². The quantitative estimate of drug-likeness (QED) is 0.779. The number of hydrogen-bond acceptors (Lipinski definition) is 1. The fraction of sp³-hybridized carbons (Fsp3) is 0.188. The predicted octanol–water partition coefficient (Wildman–Crippen LogP) is 4.44. The van der Waals surface area contributed by atoms with E-state index >= 15 is 0 Å². The summed E-state index contributed by atoms with van der Waals surface area (Å²) in [6.45, 7) is 0.488. The average Bonchev–Trinajstić information content (AvgIpc) is 2.43. The summed E-state index contributed by atoms with van der Waals surface area (Å²) in [7, 11) is 1.74. The van der Waals surface area contributed by atoms with Gasteiger partial charge in [0, 0.05) is 18.6 Å². The summed E-state index contributed by atoms with van der Waals surface area (Å²) in [4.78, 5) is 13.8. The van der Waals surface area contributed by atoms with Crippen LogP contribution in [-0.2, 0) is 17.8 Å². The second-order valence-corrected chi connectivity index (χ2v) is 6.10. The Morgan fingerprint density at radius 3 is 2.67 bits per heavy atom. The first kappa shape index (κ1) is 16.0. The topological polar surface area (TPSA) is 20.3 Å². The van der Waals surface area contributed by atoms with Crippen LogP contribution in [0.25, 0.3) is 0 Å². The van der Waals surface area contributed by atoms with Crippen molar-refractivity contribution in [3.8, 4) is 0 Å². The van der Waals surface area contributed by atoms with Gasteiger partial charge in [0.15, 0.2) is 0 Å². The summed E-state index contributed by atoms with van der Waals surface area (Å²) in [5.74, 6) is -0.369. The zero-order valence-corrected chi connectivity index (χ0v) is 13.8. The van der Waals surface area contributed by atoms with E-state index in [4.69, 9.17) is 11.6 Å². The Hall–Kier alpha value is -1.39. The van der Waals surface area contributed by atoms with Crippen LogP contribution in [0.15, 0.2) is 46.9 Å². The van der Waals surface area contributed by atoms with Crippen LogP contribution in [0.3, 0.4) is 0 Å². The molecular weight excluding hydrogens is 357 g/mol. The molecule has 0 saturated carbocycles. The van der Waals surface area contributed by atoms with Gasteiger partial charge >= 0.3 is 0 Å². The van der Waals surface area contributed by atoms with Gasteiger partial charge in [0.25, 0.3) is 0 Å². The highest BCUT2D eigenvalue weighted by molar-refractivity contribution is 9.10. The number of benzene rings is 2. The minimum Gasteiger partial charge on any atom is -0.341 e. The zero-order chi connectivity index (χ0) is 15.4. The van der Waals surface area contributed by atoms with Crippen molar-refractivity contribution in [1.82, 2.24) is 4.90 Å². The number of carbonyl (C=O) groups is 1. The number of likely N-dealkylation sites (N-methyl/N-ethyl adjacent to an activating group) is 1. The molecule has 0 saturated heterocycles. The van der Waals surface area contributed by atoms with Gasteiger partial charge in [-0.25, -0.2) is 4.39 Å². The lowest BCUT2D eigenvalue weighted by Crippen LogP contribution is -2.27. The van der Waals surface area contributed by atoms with Gasteiger partial charge in [0.1, 0.15) is 5.82 Å². The van der Waals surface area contributed by atoms with Crippen LogP contribution < -0.4 is 0 Å². The number of rotatable bonds is 4. The first-order chi connectivity index (χ1) is 9.95. The third kappa shape index (κ3) is 4.55. The van der Waals surface area contributed by atoms with E-state index in [1.54, 1.807) is 30.1 Å². The van der Waals surface area contributed by atoms with Gasteiger partial charge in [-0.2, -0.15) is 0 Å². The second-order valence-electron chi connectivity index (χ2n) is 4.80. The molecule has 2 rings (SSSR count). The van der Waals surface area contributed by atoms with E-state index in [9.17, 15) is 9.18 Å². The molecule has 2 nitrogen and oxygen atoms in total. The molecule has 0 fully saturated rings. The van der Waals surface area contributed by atoms with Gasteiger partial charge < -0.3 is 4.90 Å². The minimum absolute atomic E-state index is 0.0338. The molecule has 0 spiro atoms. The van der Waals surface area contributed by atoms with Crippen LogP contribution in [0.4, 0.5) is 4.39 Å². The van der Waals surface area contributed by atoms with E-state index in [0.717, 1.165) is 11.1 Å². The summed E-state index contributed by atoms with van der Waals surface area (Å²) < 4.78 is 13.5. The third-order valence-electron chi connectivity index (χ3n) is 3.07. The Kier molecular flexibility index (Phi) is 5.37. The Balaban J connectivity index is 2.00. The van der Waals surface area contributed by atoms with Crippen LogP contribution >= 0.6 is 27.5 Å². The van der Waals surface area contributed by atoms with E-state index in [1.807, 2.05) is 18.2 Å². The molecule has 1 amide bonds. The van der Waals surface area contributed by atoms with E-state index in [2.05, 4.69) is 15.9 Å². The molecule has 0 aromatic heterocycles. The summed E-state index contributed by atoms with van der Waals surface area (Å²) in [5.41, 5.74) is 1.74. The van der Waals surface area contributed by atoms with Crippen LogP contribution in [-0.4, -0.2) is 17.9 Å². The van der Waals surface area contributed by atoms with E-state index in [1.165, 1.54) is 6.07 Å². The minimum atomic E-state index is -0.335. The number of carbonyl (C=O) groups excluding carboxylic acids is 1. The molecule has 0 radical (unpaired) electrons. The highest BCUT2D eigenvalue weighted by atomic mass is 79.9. The largest absolute Gasteiger partial charge is 0.341 e. The SMILES string of the molecule is CN(Cc1cccc(Cl)c1)C(=O)Cc1ccc(F)c(Br)c1. The molecule has 0 aliphatic heterocycles. The van der Waals surface area contributed by atoms with Crippen molar-refractivity contribution in [2.24, 2.45) is 0 Å². The Morgan fingerprint density at radius 2 is 2.00 bits per heavy atom. The lowest BCUT2D eigenvalue weighted by Gasteiger charge is -2.17. The molecule has 2 aromatic carbocycles. The summed E-state index contributed by atoms with van der Waals surface area (Å²) >= 11 is 9.05. The van der Waals surface area contributed by atoms with Gasteiger partial charge in [-0.15, -0.1) is 0 Å². The molecule has 0 aliphatic carbocycles. The van der Waals surface area contributed by atoms with Crippen LogP contribution in [0, 0.1) is 5.82 Å². The highest BCUT2D eigenvalue weighted by Crippen LogP contribution is 2.18. The van der Waals surface area contributed by atoms with Crippen molar-refractivity contribution < 1.29 is 9.18 Å².